The lowest BCUT2D eigenvalue weighted by molar-refractivity contribution is 0.133. The molecule has 0 saturated carbocycles. The summed E-state index contributed by atoms with van der Waals surface area (Å²) in [6, 6.07) is 8.23. The third-order valence-corrected chi connectivity index (χ3v) is 3.73. The SMILES string of the molecule is CCOCc1ccccc1CNC(=NC)NCc1nc(C)c(C)o1. The summed E-state index contributed by atoms with van der Waals surface area (Å²) in [7, 11) is 1.74. The topological polar surface area (TPSA) is 71.7 Å². The summed E-state index contributed by atoms with van der Waals surface area (Å²) in [6.07, 6.45) is 0. The number of oxazole rings is 1. The minimum atomic E-state index is 0.495. The van der Waals surface area contributed by atoms with Crippen LogP contribution in [0.4, 0.5) is 0 Å². The van der Waals surface area contributed by atoms with Crippen molar-refractivity contribution < 1.29 is 9.15 Å². The largest absolute Gasteiger partial charge is 0.444 e. The summed E-state index contributed by atoms with van der Waals surface area (Å²) in [5.41, 5.74) is 3.29. The molecule has 0 unspecified atom stereocenters. The summed E-state index contributed by atoms with van der Waals surface area (Å²) < 4.78 is 11.1. The molecule has 0 aliphatic rings. The van der Waals surface area contributed by atoms with Crippen LogP contribution in [0.2, 0.25) is 0 Å². The molecule has 2 rings (SSSR count). The summed E-state index contributed by atoms with van der Waals surface area (Å²) in [6.45, 7) is 8.34. The molecule has 24 heavy (non-hydrogen) atoms. The molecule has 130 valence electrons. The summed E-state index contributed by atoms with van der Waals surface area (Å²) in [5, 5.41) is 6.52. The number of aryl methyl sites for hydroxylation is 2. The van der Waals surface area contributed by atoms with Crippen LogP contribution < -0.4 is 10.6 Å². The number of nitrogens with one attached hydrogen (secondary N) is 2. The van der Waals surface area contributed by atoms with Gasteiger partial charge in [0, 0.05) is 20.2 Å². The van der Waals surface area contributed by atoms with E-state index in [0.717, 1.165) is 11.5 Å². The molecule has 0 radical (unpaired) electrons. The molecule has 6 heteroatoms. The van der Waals surface area contributed by atoms with Gasteiger partial charge in [0.25, 0.3) is 0 Å². The number of aliphatic imine (C=N–C) groups is 1. The van der Waals surface area contributed by atoms with Crippen molar-refractivity contribution in [1.29, 1.82) is 0 Å². The van der Waals surface area contributed by atoms with Crippen LogP contribution in [0, 0.1) is 13.8 Å². The highest BCUT2D eigenvalue weighted by Gasteiger charge is 2.07. The van der Waals surface area contributed by atoms with Crippen LogP contribution in [0.15, 0.2) is 33.7 Å². The van der Waals surface area contributed by atoms with Crippen LogP contribution in [0.1, 0.15) is 35.4 Å². The number of aromatic nitrogens is 1. The quantitative estimate of drug-likeness (QED) is 0.603. The van der Waals surface area contributed by atoms with Crippen molar-refractivity contribution in [2.45, 2.75) is 40.5 Å². The molecule has 0 fully saturated rings. The Balaban J connectivity index is 1.89. The van der Waals surface area contributed by atoms with Crippen molar-refractivity contribution in [2.75, 3.05) is 13.7 Å². The van der Waals surface area contributed by atoms with Crippen LogP contribution in [0.25, 0.3) is 0 Å². The van der Waals surface area contributed by atoms with E-state index in [1.54, 1.807) is 7.05 Å². The Morgan fingerprint density at radius 2 is 1.88 bits per heavy atom. The first-order valence-corrected chi connectivity index (χ1v) is 8.16. The van der Waals surface area contributed by atoms with E-state index in [0.29, 0.717) is 38.2 Å². The third-order valence-electron chi connectivity index (χ3n) is 3.73. The second-order valence-corrected chi connectivity index (χ2v) is 5.43. The smallest absolute Gasteiger partial charge is 0.214 e. The van der Waals surface area contributed by atoms with Crippen LogP contribution in [-0.4, -0.2) is 24.6 Å². The molecule has 0 bridgehead atoms. The maximum Gasteiger partial charge on any atom is 0.214 e. The van der Waals surface area contributed by atoms with E-state index >= 15 is 0 Å². The Labute approximate surface area is 143 Å². The van der Waals surface area contributed by atoms with E-state index in [1.807, 2.05) is 32.9 Å². The number of hydrogen-bond donors (Lipinski definition) is 2. The molecular formula is C18H26N4O2. The molecule has 0 amide bonds. The maximum absolute atomic E-state index is 5.56. The summed E-state index contributed by atoms with van der Waals surface area (Å²) >= 11 is 0. The van der Waals surface area contributed by atoms with Gasteiger partial charge in [-0.1, -0.05) is 24.3 Å². The number of benzene rings is 1. The fourth-order valence-electron chi connectivity index (χ4n) is 2.26. The van der Waals surface area contributed by atoms with E-state index in [9.17, 15) is 0 Å². The normalized spacial score (nSPS) is 11.6. The van der Waals surface area contributed by atoms with Crippen LogP contribution >= 0.6 is 0 Å². The zero-order chi connectivity index (χ0) is 17.4. The highest BCUT2D eigenvalue weighted by Crippen LogP contribution is 2.10. The second-order valence-electron chi connectivity index (χ2n) is 5.43. The lowest BCUT2D eigenvalue weighted by Gasteiger charge is -2.13. The van der Waals surface area contributed by atoms with Gasteiger partial charge in [-0.25, -0.2) is 4.98 Å². The molecule has 0 saturated heterocycles. The van der Waals surface area contributed by atoms with Crippen LogP contribution in [0.5, 0.6) is 0 Å². The van der Waals surface area contributed by atoms with Crippen molar-refractivity contribution in [3.63, 3.8) is 0 Å². The predicted molar refractivity (Wildman–Crippen MR) is 94.8 cm³/mol. The summed E-state index contributed by atoms with van der Waals surface area (Å²) in [4.78, 5) is 8.59. The van der Waals surface area contributed by atoms with Gasteiger partial charge in [-0.2, -0.15) is 0 Å². The van der Waals surface area contributed by atoms with E-state index in [4.69, 9.17) is 9.15 Å². The minimum absolute atomic E-state index is 0.495. The molecule has 0 aliphatic heterocycles. The number of hydrogen-bond acceptors (Lipinski definition) is 4. The molecular weight excluding hydrogens is 304 g/mol. The Kier molecular flexibility index (Phi) is 6.81. The number of ether oxygens (including phenoxy) is 1. The average Bonchev–Trinajstić information content (AvgIpc) is 2.92. The standard InChI is InChI=1S/C18H26N4O2/c1-5-23-12-16-9-7-6-8-15(16)10-20-18(19-4)21-11-17-22-13(2)14(3)24-17/h6-9H,5,10-12H2,1-4H3,(H2,19,20,21). The fourth-order valence-corrected chi connectivity index (χ4v) is 2.26. The molecule has 0 aliphatic carbocycles. The van der Waals surface area contributed by atoms with Gasteiger partial charge in [0.15, 0.2) is 5.96 Å². The number of guanidine groups is 1. The van der Waals surface area contributed by atoms with Crippen molar-refractivity contribution in [3.8, 4) is 0 Å². The monoisotopic (exact) mass is 330 g/mol. The molecule has 1 aromatic carbocycles. The van der Waals surface area contributed by atoms with Crippen molar-refractivity contribution in [2.24, 2.45) is 4.99 Å². The van der Waals surface area contributed by atoms with E-state index < -0.39 is 0 Å². The number of rotatable bonds is 7. The highest BCUT2D eigenvalue weighted by molar-refractivity contribution is 5.79. The number of nitrogens with zero attached hydrogens (tertiary/aromatic N) is 2. The van der Waals surface area contributed by atoms with Gasteiger partial charge in [0.2, 0.25) is 5.89 Å². The Morgan fingerprint density at radius 1 is 1.17 bits per heavy atom. The Morgan fingerprint density at radius 3 is 2.50 bits per heavy atom. The van der Waals surface area contributed by atoms with Gasteiger partial charge in [0.1, 0.15) is 5.76 Å². The minimum Gasteiger partial charge on any atom is -0.444 e. The first kappa shape index (κ1) is 18.0. The molecule has 2 aromatic rings. The van der Waals surface area contributed by atoms with Gasteiger partial charge in [-0.05, 0) is 31.9 Å². The molecule has 1 heterocycles. The van der Waals surface area contributed by atoms with Crippen molar-refractivity contribution in [3.05, 3.63) is 52.7 Å². The first-order valence-electron chi connectivity index (χ1n) is 8.16. The van der Waals surface area contributed by atoms with E-state index in [1.165, 1.54) is 11.1 Å². The van der Waals surface area contributed by atoms with E-state index in [-0.39, 0.29) is 0 Å². The molecule has 2 N–H and O–H groups in total. The lowest BCUT2D eigenvalue weighted by atomic mass is 10.1. The Hall–Kier alpha value is -2.34. The van der Waals surface area contributed by atoms with Gasteiger partial charge in [-0.15, -0.1) is 0 Å². The van der Waals surface area contributed by atoms with Gasteiger partial charge < -0.3 is 19.8 Å². The zero-order valence-electron chi connectivity index (χ0n) is 14.8. The second kappa shape index (κ2) is 9.08. The van der Waals surface area contributed by atoms with Gasteiger partial charge >= 0.3 is 0 Å². The maximum atomic E-state index is 5.56. The van der Waals surface area contributed by atoms with Gasteiger partial charge in [-0.3, -0.25) is 4.99 Å². The van der Waals surface area contributed by atoms with E-state index in [2.05, 4.69) is 32.7 Å². The van der Waals surface area contributed by atoms with Crippen LogP contribution in [0.3, 0.4) is 0 Å². The molecule has 1 aromatic heterocycles. The van der Waals surface area contributed by atoms with Gasteiger partial charge in [0.05, 0.1) is 18.8 Å². The molecule has 0 atom stereocenters. The van der Waals surface area contributed by atoms with Crippen molar-refractivity contribution in [1.82, 2.24) is 15.6 Å². The average molecular weight is 330 g/mol. The molecule has 0 spiro atoms. The van der Waals surface area contributed by atoms with Crippen LogP contribution in [-0.2, 0) is 24.4 Å². The van der Waals surface area contributed by atoms with Crippen molar-refractivity contribution >= 4 is 5.96 Å². The lowest BCUT2D eigenvalue weighted by Crippen LogP contribution is -2.36. The fraction of sp³-hybridized carbons (Fsp3) is 0.444. The first-order chi connectivity index (χ1) is 11.6. The zero-order valence-corrected chi connectivity index (χ0v) is 14.8. The predicted octanol–water partition coefficient (Wildman–Crippen LogP) is 2.69. The molecule has 6 nitrogen and oxygen atoms in total. The Bertz CT molecular complexity index is 660. The highest BCUT2D eigenvalue weighted by atomic mass is 16.5. The third kappa shape index (κ3) is 5.09. The summed E-state index contributed by atoms with van der Waals surface area (Å²) in [5.74, 6) is 2.21.